The van der Waals surface area contributed by atoms with E-state index in [-0.39, 0.29) is 11.9 Å². The van der Waals surface area contributed by atoms with Gasteiger partial charge >= 0.3 is 0 Å². The molecule has 34 heavy (non-hydrogen) atoms. The summed E-state index contributed by atoms with van der Waals surface area (Å²) < 4.78 is 1.69. The van der Waals surface area contributed by atoms with Crippen LogP contribution in [0.4, 0.5) is 23.1 Å². The molecule has 0 radical (unpaired) electrons. The number of carbonyl (C=O) groups is 1. The number of aromatic nitrogens is 4. The summed E-state index contributed by atoms with van der Waals surface area (Å²) in [5, 5.41) is 21.2. The molecular formula is C25H25N7O2. The van der Waals surface area contributed by atoms with E-state index in [0.29, 0.717) is 30.4 Å². The van der Waals surface area contributed by atoms with Crippen LogP contribution in [0.5, 0.6) is 0 Å². The van der Waals surface area contributed by atoms with E-state index in [2.05, 4.69) is 37.7 Å². The molecule has 0 aliphatic carbocycles. The first-order valence-electron chi connectivity index (χ1n) is 11.3. The lowest BCUT2D eigenvalue weighted by Gasteiger charge is -2.25. The van der Waals surface area contributed by atoms with Crippen molar-refractivity contribution in [1.29, 1.82) is 0 Å². The number of nitrogens with one attached hydrogen (secondary N) is 2. The first kappa shape index (κ1) is 20.6. The van der Waals surface area contributed by atoms with E-state index < -0.39 is 11.5 Å². The topological polar surface area (TPSA) is 108 Å². The van der Waals surface area contributed by atoms with Crippen molar-refractivity contribution in [3.63, 3.8) is 0 Å². The van der Waals surface area contributed by atoms with Gasteiger partial charge in [-0.2, -0.15) is 4.98 Å². The van der Waals surface area contributed by atoms with Gasteiger partial charge in [-0.3, -0.25) is 4.79 Å². The lowest BCUT2D eigenvalue weighted by molar-refractivity contribution is -0.119. The third-order valence-corrected chi connectivity index (χ3v) is 6.74. The lowest BCUT2D eigenvalue weighted by atomic mass is 9.86. The fourth-order valence-electron chi connectivity index (χ4n) is 4.90. The smallest absolute Gasteiger partial charge is 0.247 e. The Kier molecular flexibility index (Phi) is 4.56. The van der Waals surface area contributed by atoms with Gasteiger partial charge in [0.2, 0.25) is 11.9 Å². The normalized spacial score (nSPS) is 21.0. The number of β-amino-alcohol motifs (C(OH)–C–C–N with tert-alkyl or cyclic N) is 1. The number of rotatable bonds is 4. The van der Waals surface area contributed by atoms with Crippen molar-refractivity contribution in [3.05, 3.63) is 72.1 Å². The Bertz CT molecular complexity index is 1400. The Morgan fingerprint density at radius 2 is 2.00 bits per heavy atom. The number of nitrogens with zero attached hydrogens (tertiary/aromatic N) is 5. The highest BCUT2D eigenvalue weighted by Gasteiger charge is 2.38. The summed E-state index contributed by atoms with van der Waals surface area (Å²) >= 11 is 0. The van der Waals surface area contributed by atoms with Gasteiger partial charge < -0.3 is 20.6 Å². The number of benzene rings is 2. The van der Waals surface area contributed by atoms with Crippen molar-refractivity contribution >= 4 is 34.7 Å². The maximum atomic E-state index is 12.3. The molecule has 9 nitrogen and oxygen atoms in total. The Hall–Kier alpha value is -3.98. The van der Waals surface area contributed by atoms with Crippen molar-refractivity contribution < 1.29 is 9.90 Å². The van der Waals surface area contributed by atoms with E-state index in [1.54, 1.807) is 16.9 Å². The Morgan fingerprint density at radius 1 is 1.18 bits per heavy atom. The fourth-order valence-corrected chi connectivity index (χ4v) is 4.90. The molecule has 0 unspecified atom stereocenters. The minimum atomic E-state index is -0.550. The van der Waals surface area contributed by atoms with Crippen molar-refractivity contribution in [3.8, 4) is 0 Å². The van der Waals surface area contributed by atoms with Crippen molar-refractivity contribution in [2.45, 2.75) is 37.8 Å². The molecule has 2 aromatic heterocycles. The second kappa shape index (κ2) is 7.53. The summed E-state index contributed by atoms with van der Waals surface area (Å²) in [6.45, 7) is 4.30. The molecule has 0 bridgehead atoms. The summed E-state index contributed by atoms with van der Waals surface area (Å²) in [7, 11) is 0. The largest absolute Gasteiger partial charge is 0.391 e. The molecule has 1 saturated heterocycles. The van der Waals surface area contributed by atoms with E-state index in [1.807, 2.05) is 50.2 Å². The van der Waals surface area contributed by atoms with Gasteiger partial charge in [-0.25, -0.2) is 9.50 Å². The highest BCUT2D eigenvalue weighted by Crippen LogP contribution is 2.39. The monoisotopic (exact) mass is 455 g/mol. The van der Waals surface area contributed by atoms with E-state index >= 15 is 0 Å². The predicted octanol–water partition coefficient (Wildman–Crippen LogP) is 3.41. The summed E-state index contributed by atoms with van der Waals surface area (Å²) in [5.41, 5.74) is 3.73. The molecule has 172 valence electrons. The highest BCUT2D eigenvalue weighted by atomic mass is 16.3. The molecule has 1 fully saturated rings. The second-order valence-electron chi connectivity index (χ2n) is 9.39. The van der Waals surface area contributed by atoms with Crippen molar-refractivity contribution in [1.82, 2.24) is 19.6 Å². The van der Waals surface area contributed by atoms with E-state index in [4.69, 9.17) is 4.98 Å². The maximum absolute atomic E-state index is 12.3. The fraction of sp³-hybridized carbons (Fsp3) is 0.280. The molecule has 2 atom stereocenters. The molecular weight excluding hydrogens is 430 g/mol. The van der Waals surface area contributed by atoms with Gasteiger partial charge in [0.25, 0.3) is 0 Å². The van der Waals surface area contributed by atoms with Crippen LogP contribution in [0.2, 0.25) is 0 Å². The molecule has 4 aromatic rings. The molecule has 1 amide bonds. The Balaban J connectivity index is 1.33. The van der Waals surface area contributed by atoms with E-state index in [1.165, 1.54) is 0 Å². The highest BCUT2D eigenvalue weighted by molar-refractivity contribution is 6.06. The predicted molar refractivity (Wildman–Crippen MR) is 129 cm³/mol. The van der Waals surface area contributed by atoms with E-state index in [9.17, 15) is 9.90 Å². The van der Waals surface area contributed by atoms with Crippen LogP contribution >= 0.6 is 0 Å². The number of hydrogen-bond acceptors (Lipinski definition) is 7. The number of anilines is 4. The first-order chi connectivity index (χ1) is 16.4. The summed E-state index contributed by atoms with van der Waals surface area (Å²) in [5.74, 6) is 1.09. The second-order valence-corrected chi connectivity index (χ2v) is 9.39. The van der Waals surface area contributed by atoms with Crippen LogP contribution in [0, 0.1) is 0 Å². The molecule has 0 spiro atoms. The van der Waals surface area contributed by atoms with Crippen LogP contribution in [-0.2, 0) is 10.2 Å². The molecule has 2 aliphatic heterocycles. The van der Waals surface area contributed by atoms with Crippen molar-refractivity contribution in [2.75, 3.05) is 22.1 Å². The van der Waals surface area contributed by atoms with Gasteiger partial charge in [0.05, 0.1) is 17.6 Å². The Labute approximate surface area is 196 Å². The third kappa shape index (κ3) is 3.28. The average molecular weight is 456 g/mol. The quantitative estimate of drug-likeness (QED) is 0.433. The van der Waals surface area contributed by atoms with Gasteiger partial charge in [0.15, 0.2) is 11.5 Å². The molecule has 3 N–H and O–H groups in total. The van der Waals surface area contributed by atoms with E-state index in [0.717, 1.165) is 22.5 Å². The summed E-state index contributed by atoms with van der Waals surface area (Å²) in [6.07, 6.45) is 3.63. The number of hydrogen-bond donors (Lipinski definition) is 3. The van der Waals surface area contributed by atoms with Gasteiger partial charge in [-0.1, -0.05) is 36.4 Å². The van der Waals surface area contributed by atoms with Crippen LogP contribution in [0.3, 0.4) is 0 Å². The van der Waals surface area contributed by atoms with Crippen LogP contribution in [0.15, 0.2) is 60.9 Å². The first-order valence-corrected chi connectivity index (χ1v) is 11.3. The van der Waals surface area contributed by atoms with Crippen LogP contribution in [0.25, 0.3) is 5.65 Å². The average Bonchev–Trinajstić information content (AvgIpc) is 3.47. The van der Waals surface area contributed by atoms with Crippen LogP contribution in [-0.4, -0.2) is 43.2 Å². The number of amides is 1. The molecule has 4 heterocycles. The van der Waals surface area contributed by atoms with Crippen LogP contribution < -0.4 is 15.5 Å². The Morgan fingerprint density at radius 3 is 2.82 bits per heavy atom. The molecule has 2 aromatic carbocycles. The zero-order valence-corrected chi connectivity index (χ0v) is 18.9. The number of aliphatic hydroxyl groups excluding tert-OH is 1. The number of fused-ring (bicyclic) bond motifs is 2. The minimum absolute atomic E-state index is 0.00619. The molecule has 6 rings (SSSR count). The zero-order chi connectivity index (χ0) is 23.4. The molecule has 0 saturated carbocycles. The number of aliphatic hydroxyl groups is 1. The third-order valence-electron chi connectivity index (χ3n) is 6.74. The lowest BCUT2D eigenvalue weighted by Crippen LogP contribution is -2.26. The molecule has 2 aliphatic rings. The standard InChI is InChI=1S/C25H25N7O2/c1-25(2)18-9-8-16(12-19(18)28-23(25)34)27-24-29-22-21(26-10-11-32(22)30-24)31-14-17(33)13-20(31)15-6-4-3-5-7-15/h3-12,17,20,33H,13-14H2,1-2H3,(H,27,30)(H,28,34)/t17-,20+/m0/s1. The van der Waals surface area contributed by atoms with Crippen molar-refractivity contribution in [2.24, 2.45) is 0 Å². The van der Waals surface area contributed by atoms with Crippen LogP contribution in [0.1, 0.15) is 37.4 Å². The van der Waals surface area contributed by atoms with Gasteiger partial charge in [-0.05, 0) is 43.5 Å². The van der Waals surface area contributed by atoms with Gasteiger partial charge in [0.1, 0.15) is 0 Å². The number of carbonyl (C=O) groups excluding carboxylic acids is 1. The maximum Gasteiger partial charge on any atom is 0.247 e. The minimum Gasteiger partial charge on any atom is -0.391 e. The summed E-state index contributed by atoms with van der Waals surface area (Å²) in [4.78, 5) is 23.7. The SMILES string of the molecule is CC1(C)C(=O)Nc2cc(Nc3nc4c(N5C[C@@H](O)C[C@@H]5c5ccccc5)nccn4n3)ccc21. The van der Waals surface area contributed by atoms with Gasteiger partial charge in [0, 0.05) is 30.3 Å². The zero-order valence-electron chi connectivity index (χ0n) is 18.9. The van der Waals surface area contributed by atoms with Gasteiger partial charge in [-0.15, -0.1) is 5.10 Å². The summed E-state index contributed by atoms with van der Waals surface area (Å²) in [6, 6.07) is 15.9. The molecule has 9 heteroatoms.